The van der Waals surface area contributed by atoms with Crippen molar-refractivity contribution in [2.24, 2.45) is 5.92 Å². The summed E-state index contributed by atoms with van der Waals surface area (Å²) in [5.74, 6) is 0.664. The van der Waals surface area contributed by atoms with Gasteiger partial charge in [0.05, 0.1) is 6.07 Å². The highest BCUT2D eigenvalue weighted by Gasteiger charge is 2.42. The van der Waals surface area contributed by atoms with Crippen molar-refractivity contribution >= 4 is 5.91 Å². The zero-order chi connectivity index (χ0) is 10.8. The normalized spacial score (nSPS) is 35.5. The highest BCUT2D eigenvalue weighted by Crippen LogP contribution is 2.38. The fourth-order valence-corrected chi connectivity index (χ4v) is 3.21. The van der Waals surface area contributed by atoms with Crippen LogP contribution in [0.2, 0.25) is 0 Å². The first-order valence-corrected chi connectivity index (χ1v) is 5.92. The van der Waals surface area contributed by atoms with E-state index < -0.39 is 0 Å². The van der Waals surface area contributed by atoms with Gasteiger partial charge in [0.1, 0.15) is 6.04 Å². The van der Waals surface area contributed by atoms with Crippen LogP contribution in [0, 0.1) is 17.2 Å². The summed E-state index contributed by atoms with van der Waals surface area (Å²) in [6, 6.07) is 2.48. The number of likely N-dealkylation sites (tertiary alicyclic amines) is 1. The smallest absolute Gasteiger partial charge is 0.220 e. The maximum atomic E-state index is 11.6. The summed E-state index contributed by atoms with van der Waals surface area (Å²) in [4.78, 5) is 13.4. The Morgan fingerprint density at radius 3 is 2.73 bits per heavy atom. The fourth-order valence-electron chi connectivity index (χ4n) is 3.21. The largest absolute Gasteiger partial charge is 0.324 e. The average molecular weight is 206 g/mol. The number of nitrogens with zero attached hydrogens (tertiary/aromatic N) is 2. The van der Waals surface area contributed by atoms with Crippen LogP contribution in [-0.4, -0.2) is 22.9 Å². The summed E-state index contributed by atoms with van der Waals surface area (Å²) in [6.45, 7) is 1.59. The molecule has 0 radical (unpaired) electrons. The second-order valence-corrected chi connectivity index (χ2v) is 4.77. The number of nitriles is 1. The Labute approximate surface area is 91.1 Å². The number of rotatable bonds is 0. The van der Waals surface area contributed by atoms with Crippen LogP contribution in [0.5, 0.6) is 0 Å². The zero-order valence-corrected chi connectivity index (χ0v) is 9.28. The number of carbonyl (C=O) groups excluding carboxylic acids is 1. The SMILES string of the molecule is CC(=O)N1C(C#N)CC2CCCCCC21. The maximum Gasteiger partial charge on any atom is 0.220 e. The van der Waals surface area contributed by atoms with Gasteiger partial charge in [-0.2, -0.15) is 5.26 Å². The second-order valence-electron chi connectivity index (χ2n) is 4.77. The molecule has 2 aliphatic rings. The third kappa shape index (κ3) is 1.86. The summed E-state index contributed by atoms with van der Waals surface area (Å²) in [7, 11) is 0. The van der Waals surface area contributed by atoms with Gasteiger partial charge in [0, 0.05) is 13.0 Å². The second kappa shape index (κ2) is 4.22. The van der Waals surface area contributed by atoms with Gasteiger partial charge in [-0.25, -0.2) is 0 Å². The molecule has 0 aromatic rings. The molecule has 3 atom stereocenters. The van der Waals surface area contributed by atoms with Crippen molar-refractivity contribution in [1.82, 2.24) is 4.90 Å². The van der Waals surface area contributed by atoms with Crippen molar-refractivity contribution < 1.29 is 4.79 Å². The van der Waals surface area contributed by atoms with Crippen LogP contribution >= 0.6 is 0 Å². The summed E-state index contributed by atoms with van der Waals surface area (Å²) < 4.78 is 0. The van der Waals surface area contributed by atoms with Gasteiger partial charge in [0.25, 0.3) is 0 Å². The van der Waals surface area contributed by atoms with Crippen LogP contribution in [0.3, 0.4) is 0 Å². The van der Waals surface area contributed by atoms with E-state index in [2.05, 4.69) is 6.07 Å². The predicted molar refractivity (Wildman–Crippen MR) is 56.9 cm³/mol. The van der Waals surface area contributed by atoms with E-state index in [0.29, 0.717) is 12.0 Å². The Bertz CT molecular complexity index is 294. The third-order valence-corrected chi connectivity index (χ3v) is 3.85. The van der Waals surface area contributed by atoms with Gasteiger partial charge in [0.15, 0.2) is 0 Å². The molecular weight excluding hydrogens is 188 g/mol. The average Bonchev–Trinajstić information content (AvgIpc) is 2.42. The van der Waals surface area contributed by atoms with E-state index >= 15 is 0 Å². The number of fused-ring (bicyclic) bond motifs is 1. The first-order chi connectivity index (χ1) is 7.24. The number of hydrogen-bond donors (Lipinski definition) is 0. The van der Waals surface area contributed by atoms with Gasteiger partial charge in [-0.05, 0) is 25.2 Å². The first kappa shape index (κ1) is 10.5. The standard InChI is InChI=1S/C12H18N2O/c1-9(15)14-11(8-13)7-10-5-3-2-4-6-12(10)14/h10-12H,2-7H2,1H3. The lowest BCUT2D eigenvalue weighted by Crippen LogP contribution is -2.40. The zero-order valence-electron chi connectivity index (χ0n) is 9.28. The monoisotopic (exact) mass is 206 g/mol. The van der Waals surface area contributed by atoms with E-state index in [9.17, 15) is 4.79 Å². The number of carbonyl (C=O) groups is 1. The first-order valence-electron chi connectivity index (χ1n) is 5.92. The molecule has 3 heteroatoms. The van der Waals surface area contributed by atoms with Gasteiger partial charge in [-0.3, -0.25) is 4.79 Å². The fraction of sp³-hybridized carbons (Fsp3) is 0.833. The van der Waals surface area contributed by atoms with E-state index in [-0.39, 0.29) is 11.9 Å². The lowest BCUT2D eigenvalue weighted by molar-refractivity contribution is -0.131. The highest BCUT2D eigenvalue weighted by atomic mass is 16.2. The van der Waals surface area contributed by atoms with E-state index in [4.69, 9.17) is 5.26 Å². The molecular formula is C12H18N2O. The maximum absolute atomic E-state index is 11.6. The van der Waals surface area contributed by atoms with E-state index in [1.807, 2.05) is 4.90 Å². The van der Waals surface area contributed by atoms with Crippen molar-refractivity contribution in [3.05, 3.63) is 0 Å². The third-order valence-electron chi connectivity index (χ3n) is 3.85. The molecule has 0 aromatic carbocycles. The minimum atomic E-state index is -0.157. The van der Waals surface area contributed by atoms with E-state index in [0.717, 1.165) is 12.8 Å². The molecule has 1 amide bonds. The number of hydrogen-bond acceptors (Lipinski definition) is 2. The summed E-state index contributed by atoms with van der Waals surface area (Å²) in [5, 5.41) is 9.06. The molecule has 0 aromatic heterocycles. The van der Waals surface area contributed by atoms with Crippen molar-refractivity contribution in [2.75, 3.05) is 0 Å². The van der Waals surface area contributed by atoms with Gasteiger partial charge in [-0.1, -0.05) is 19.3 Å². The molecule has 2 rings (SSSR count). The Balaban J connectivity index is 2.19. The molecule has 2 fully saturated rings. The highest BCUT2D eigenvalue weighted by molar-refractivity contribution is 5.75. The van der Waals surface area contributed by atoms with Crippen LogP contribution in [-0.2, 0) is 4.79 Å². The molecule has 3 nitrogen and oxygen atoms in total. The van der Waals surface area contributed by atoms with Crippen LogP contribution < -0.4 is 0 Å². The molecule has 0 spiro atoms. The van der Waals surface area contributed by atoms with Gasteiger partial charge in [-0.15, -0.1) is 0 Å². The van der Waals surface area contributed by atoms with Crippen molar-refractivity contribution in [2.45, 2.75) is 57.5 Å². The van der Waals surface area contributed by atoms with Gasteiger partial charge < -0.3 is 4.90 Å². The van der Waals surface area contributed by atoms with E-state index in [1.54, 1.807) is 6.92 Å². The van der Waals surface area contributed by atoms with Crippen molar-refractivity contribution in [1.29, 1.82) is 5.26 Å². The van der Waals surface area contributed by atoms with Crippen LogP contribution in [0.4, 0.5) is 0 Å². The summed E-state index contributed by atoms with van der Waals surface area (Å²) in [6.07, 6.45) is 6.97. The van der Waals surface area contributed by atoms with Crippen LogP contribution in [0.15, 0.2) is 0 Å². The Hall–Kier alpha value is -1.04. The summed E-state index contributed by atoms with van der Waals surface area (Å²) >= 11 is 0. The predicted octanol–water partition coefficient (Wildman–Crippen LogP) is 2.08. The lowest BCUT2D eigenvalue weighted by atomic mass is 9.94. The van der Waals surface area contributed by atoms with Gasteiger partial charge in [0.2, 0.25) is 5.91 Å². The Kier molecular flexibility index (Phi) is 2.95. The molecule has 3 unspecified atom stereocenters. The quantitative estimate of drug-likeness (QED) is 0.609. The van der Waals surface area contributed by atoms with E-state index in [1.165, 1.54) is 25.7 Å². The van der Waals surface area contributed by atoms with Crippen molar-refractivity contribution in [3.8, 4) is 6.07 Å². The topological polar surface area (TPSA) is 44.1 Å². The molecule has 1 aliphatic heterocycles. The molecule has 1 heterocycles. The molecule has 1 saturated carbocycles. The van der Waals surface area contributed by atoms with Gasteiger partial charge >= 0.3 is 0 Å². The number of amides is 1. The minimum absolute atomic E-state index is 0.0796. The molecule has 0 bridgehead atoms. The van der Waals surface area contributed by atoms with Crippen LogP contribution in [0.1, 0.15) is 45.4 Å². The summed E-state index contributed by atoms with van der Waals surface area (Å²) in [5.41, 5.74) is 0. The van der Waals surface area contributed by atoms with Crippen molar-refractivity contribution in [3.63, 3.8) is 0 Å². The molecule has 15 heavy (non-hydrogen) atoms. The molecule has 1 saturated heterocycles. The minimum Gasteiger partial charge on any atom is -0.324 e. The molecule has 1 aliphatic carbocycles. The molecule has 82 valence electrons. The Morgan fingerprint density at radius 1 is 1.33 bits per heavy atom. The van der Waals surface area contributed by atoms with Crippen LogP contribution in [0.25, 0.3) is 0 Å². The lowest BCUT2D eigenvalue weighted by Gasteiger charge is -2.27. The molecule has 0 N–H and O–H groups in total. The Morgan fingerprint density at radius 2 is 2.07 bits per heavy atom.